The molecule has 0 aromatic heterocycles. The van der Waals surface area contributed by atoms with Gasteiger partial charge in [-0.15, -0.1) is 0 Å². The molecule has 0 amide bonds. The highest BCUT2D eigenvalue weighted by molar-refractivity contribution is 7.55. The van der Waals surface area contributed by atoms with Gasteiger partial charge in [0.2, 0.25) is 0 Å². The molecule has 0 unspecified atom stereocenters. The summed E-state index contributed by atoms with van der Waals surface area (Å²) in [6.45, 7) is 3.61. The lowest BCUT2D eigenvalue weighted by Crippen LogP contribution is -2.36. The zero-order chi connectivity index (χ0) is 18.8. The molecule has 6 nitrogen and oxygen atoms in total. The Balaban J connectivity index is 2.45. The summed E-state index contributed by atoms with van der Waals surface area (Å²) >= 11 is 0. The highest BCUT2D eigenvalue weighted by Crippen LogP contribution is 2.41. The van der Waals surface area contributed by atoms with Gasteiger partial charge in [-0.1, -0.05) is 30.3 Å². The largest absolute Gasteiger partial charge is 0.376 e. The average Bonchev–Trinajstić information content (AvgIpc) is 2.91. The van der Waals surface area contributed by atoms with Crippen molar-refractivity contribution < 1.29 is 31.3 Å². The highest BCUT2D eigenvalue weighted by atomic mass is 31.2. The summed E-state index contributed by atoms with van der Waals surface area (Å²) in [5.74, 6) is -1.07. The molecule has 1 aliphatic heterocycles. The topological polar surface area (TPSA) is 85.2 Å². The molecule has 0 saturated carbocycles. The minimum Gasteiger partial charge on any atom is -0.376 e. The van der Waals surface area contributed by atoms with E-state index in [1.54, 1.807) is 13.8 Å². The summed E-state index contributed by atoms with van der Waals surface area (Å²) in [6, 6.07) is 8.60. The Morgan fingerprint density at radius 1 is 1.30 bits per heavy atom. The average molecular weight is 344 g/mol. The van der Waals surface area contributed by atoms with E-state index in [1.165, 1.54) is 7.11 Å². The summed E-state index contributed by atoms with van der Waals surface area (Å²) in [4.78, 5) is 18.4. The first kappa shape index (κ1) is 15.5. The van der Waals surface area contributed by atoms with Crippen molar-refractivity contribution in [2.24, 2.45) is 0 Å². The van der Waals surface area contributed by atoms with Gasteiger partial charge >= 0.3 is 7.60 Å². The molecule has 1 heterocycles. The van der Waals surface area contributed by atoms with E-state index in [0.717, 1.165) is 5.56 Å². The SMILES string of the molecule is [2H]/C(=C(/[2H])P(=O)(O)O)[C@H]1O[C@@H](c2ccccc2)[C@H](OC)[C@@H]1OC(C)C. The first-order valence-corrected chi connectivity index (χ1v) is 8.90. The molecule has 4 atom stereocenters. The van der Waals surface area contributed by atoms with Gasteiger partial charge in [-0.2, -0.15) is 0 Å². The maximum atomic E-state index is 11.4. The maximum Gasteiger partial charge on any atom is 0.348 e. The van der Waals surface area contributed by atoms with Gasteiger partial charge in [0, 0.05) is 12.9 Å². The van der Waals surface area contributed by atoms with Gasteiger partial charge in [0.25, 0.3) is 0 Å². The van der Waals surface area contributed by atoms with Crippen molar-refractivity contribution in [3.05, 3.63) is 47.7 Å². The second-order valence-electron chi connectivity index (χ2n) is 5.54. The number of hydrogen-bond donors (Lipinski definition) is 2. The smallest absolute Gasteiger partial charge is 0.348 e. The third-order valence-electron chi connectivity index (χ3n) is 3.40. The fourth-order valence-electron chi connectivity index (χ4n) is 2.55. The van der Waals surface area contributed by atoms with Crippen LogP contribution < -0.4 is 0 Å². The van der Waals surface area contributed by atoms with Gasteiger partial charge in [0.15, 0.2) is 0 Å². The third-order valence-corrected chi connectivity index (χ3v) is 3.82. The van der Waals surface area contributed by atoms with Gasteiger partial charge in [-0.05, 0) is 25.5 Å². The molecule has 1 aliphatic rings. The van der Waals surface area contributed by atoms with Crippen molar-refractivity contribution >= 4 is 7.60 Å². The number of ether oxygens (including phenoxy) is 3. The molecule has 0 aliphatic carbocycles. The Morgan fingerprint density at radius 2 is 1.96 bits per heavy atom. The fraction of sp³-hybridized carbons (Fsp3) is 0.500. The van der Waals surface area contributed by atoms with Gasteiger partial charge in [0.05, 0.1) is 8.85 Å². The van der Waals surface area contributed by atoms with Crippen LogP contribution in [-0.4, -0.2) is 41.3 Å². The van der Waals surface area contributed by atoms with Crippen LogP contribution in [0.25, 0.3) is 0 Å². The molecule has 1 fully saturated rings. The first-order chi connectivity index (χ1) is 11.7. The lowest BCUT2D eigenvalue weighted by Gasteiger charge is -2.24. The van der Waals surface area contributed by atoms with E-state index in [2.05, 4.69) is 0 Å². The van der Waals surface area contributed by atoms with E-state index in [-0.39, 0.29) is 6.10 Å². The van der Waals surface area contributed by atoms with Crippen LogP contribution in [0.4, 0.5) is 0 Å². The Hall–Kier alpha value is -1.01. The van der Waals surface area contributed by atoms with E-state index in [9.17, 15) is 14.4 Å². The minimum absolute atomic E-state index is 0.222. The molecule has 0 bridgehead atoms. The number of methoxy groups -OCH3 is 1. The van der Waals surface area contributed by atoms with Crippen LogP contribution in [0.3, 0.4) is 0 Å². The van der Waals surface area contributed by atoms with Crippen LogP contribution in [0, 0.1) is 0 Å². The quantitative estimate of drug-likeness (QED) is 0.772. The van der Waals surface area contributed by atoms with Gasteiger partial charge in [-0.3, -0.25) is 4.57 Å². The number of hydrogen-bond acceptors (Lipinski definition) is 4. The molecular formula is C16H23O6P. The second-order valence-corrected chi connectivity index (χ2v) is 6.85. The van der Waals surface area contributed by atoms with Gasteiger partial charge in [0.1, 0.15) is 24.4 Å². The maximum absolute atomic E-state index is 11.4. The molecule has 0 spiro atoms. The van der Waals surface area contributed by atoms with Crippen LogP contribution >= 0.6 is 7.60 Å². The lowest BCUT2D eigenvalue weighted by molar-refractivity contribution is -0.0694. The summed E-state index contributed by atoms with van der Waals surface area (Å²) in [7, 11) is -3.38. The van der Waals surface area contributed by atoms with E-state index < -0.39 is 43.9 Å². The molecule has 23 heavy (non-hydrogen) atoms. The van der Waals surface area contributed by atoms with E-state index >= 15 is 0 Å². The van der Waals surface area contributed by atoms with Crippen molar-refractivity contribution in [3.63, 3.8) is 0 Å². The second kappa shape index (κ2) is 7.71. The Morgan fingerprint density at radius 3 is 2.48 bits per heavy atom. The predicted octanol–water partition coefficient (Wildman–Crippen LogP) is 2.63. The fourth-order valence-corrected chi connectivity index (χ4v) is 2.85. The monoisotopic (exact) mass is 344 g/mol. The summed E-state index contributed by atoms with van der Waals surface area (Å²) in [6.07, 6.45) is -3.27. The normalized spacial score (nSPS) is 30.9. The van der Waals surface area contributed by atoms with E-state index in [0.29, 0.717) is 0 Å². The first-order valence-electron chi connectivity index (χ1n) is 8.29. The van der Waals surface area contributed by atoms with Crippen LogP contribution in [-0.2, 0) is 18.8 Å². The third kappa shape index (κ3) is 4.98. The minimum atomic E-state index is -4.86. The van der Waals surface area contributed by atoms with E-state index in [1.807, 2.05) is 30.3 Å². The summed E-state index contributed by atoms with van der Waals surface area (Å²) in [5.41, 5.74) is 0.796. The zero-order valence-electron chi connectivity index (χ0n) is 15.2. The van der Waals surface area contributed by atoms with Crippen LogP contribution in [0.5, 0.6) is 0 Å². The number of rotatable bonds is 6. The van der Waals surface area contributed by atoms with Crippen molar-refractivity contribution in [1.29, 1.82) is 0 Å². The molecule has 1 aromatic carbocycles. The van der Waals surface area contributed by atoms with Gasteiger partial charge in [-0.25, -0.2) is 0 Å². The number of benzene rings is 1. The summed E-state index contributed by atoms with van der Waals surface area (Å²) < 4.78 is 44.3. The van der Waals surface area contributed by atoms with Crippen molar-refractivity contribution in [2.45, 2.75) is 44.4 Å². The molecule has 128 valence electrons. The van der Waals surface area contributed by atoms with Crippen LogP contribution in [0.2, 0.25) is 0 Å². The molecule has 0 radical (unpaired) electrons. The summed E-state index contributed by atoms with van der Waals surface area (Å²) in [5, 5.41) is 0. The van der Waals surface area contributed by atoms with E-state index in [4.69, 9.17) is 17.0 Å². The van der Waals surface area contributed by atoms with Crippen LogP contribution in [0.15, 0.2) is 42.2 Å². The zero-order valence-corrected chi connectivity index (χ0v) is 14.1. The van der Waals surface area contributed by atoms with Crippen molar-refractivity contribution in [3.8, 4) is 0 Å². The standard InChI is InChI=1S/C16H23O6P/c1-11(2)21-15-13(9-10-23(17,18)19)22-14(16(15)20-3)12-7-5-4-6-8-12/h4-11,13-16H,1-3H3,(H2,17,18,19)/b10-9+/t13-,14+,15-,16+/m1/s1/i9D,10D. The molecule has 1 aromatic rings. The van der Waals surface area contributed by atoms with Gasteiger partial charge < -0.3 is 24.0 Å². The predicted molar refractivity (Wildman–Crippen MR) is 86.0 cm³/mol. The van der Waals surface area contributed by atoms with Crippen molar-refractivity contribution in [1.82, 2.24) is 0 Å². The van der Waals surface area contributed by atoms with Crippen molar-refractivity contribution in [2.75, 3.05) is 7.11 Å². The molecule has 2 N–H and O–H groups in total. The molecular weight excluding hydrogens is 319 g/mol. The molecule has 1 saturated heterocycles. The Bertz CT molecular complexity index is 660. The molecule has 2 rings (SSSR count). The lowest BCUT2D eigenvalue weighted by atomic mass is 10.0. The van der Waals surface area contributed by atoms with Crippen LogP contribution in [0.1, 0.15) is 28.3 Å². The Kier molecular flexibility index (Phi) is 5.20. The molecule has 7 heteroatoms. The Labute approximate surface area is 139 Å². The highest BCUT2D eigenvalue weighted by Gasteiger charge is 2.45.